The van der Waals surface area contributed by atoms with E-state index in [9.17, 15) is 19.2 Å². The van der Waals surface area contributed by atoms with Crippen LogP contribution in [0.4, 0.5) is 4.79 Å². The molecule has 10 nitrogen and oxygen atoms in total. The molecule has 26 heavy (non-hydrogen) atoms. The van der Waals surface area contributed by atoms with Crippen LogP contribution in [0.1, 0.15) is 25.3 Å². The first kappa shape index (κ1) is 23.0. The maximum atomic E-state index is 11.4. The van der Waals surface area contributed by atoms with E-state index in [1.807, 2.05) is 30.3 Å². The second kappa shape index (κ2) is 13.3. The third kappa shape index (κ3) is 11.5. The van der Waals surface area contributed by atoms with Gasteiger partial charge in [0.25, 0.3) is 0 Å². The van der Waals surface area contributed by atoms with E-state index >= 15 is 0 Å². The van der Waals surface area contributed by atoms with Gasteiger partial charge in [-0.2, -0.15) is 0 Å². The largest absolute Gasteiger partial charge is 0.516 e. The van der Waals surface area contributed by atoms with E-state index in [1.54, 1.807) is 6.92 Å². The van der Waals surface area contributed by atoms with Gasteiger partial charge in [0.1, 0.15) is 6.04 Å². The number of hydrogen-bond donors (Lipinski definition) is 4. The Morgan fingerprint density at radius 2 is 1.77 bits per heavy atom. The van der Waals surface area contributed by atoms with E-state index in [0.29, 0.717) is 6.42 Å². The molecule has 0 aliphatic carbocycles. The molecule has 2 amide bonds. The van der Waals surface area contributed by atoms with E-state index in [-0.39, 0.29) is 19.4 Å². The van der Waals surface area contributed by atoms with Gasteiger partial charge in [0.05, 0.1) is 6.61 Å². The summed E-state index contributed by atoms with van der Waals surface area (Å²) in [6.45, 7) is 1.77. The molecule has 0 heterocycles. The summed E-state index contributed by atoms with van der Waals surface area (Å²) in [5, 5.41) is 7.90. The number of rotatable bonds is 7. The zero-order chi connectivity index (χ0) is 19.9. The van der Waals surface area contributed by atoms with Gasteiger partial charge in [0.15, 0.2) is 0 Å². The average Bonchev–Trinajstić information content (AvgIpc) is 2.61. The van der Waals surface area contributed by atoms with Crippen molar-refractivity contribution >= 4 is 23.9 Å². The fraction of sp³-hybridized carbons (Fsp3) is 0.375. The number of primary amides is 1. The highest BCUT2D eigenvalue weighted by atomic mass is 16.7. The summed E-state index contributed by atoms with van der Waals surface area (Å²) in [6, 6.07) is 8.38. The molecule has 6 N–H and O–H groups in total. The lowest BCUT2D eigenvalue weighted by Gasteiger charge is -2.09. The lowest BCUT2D eigenvalue weighted by atomic mass is 10.1. The van der Waals surface area contributed by atoms with Crippen molar-refractivity contribution in [2.24, 2.45) is 11.5 Å². The Kier molecular flexibility index (Phi) is 11.8. The fourth-order valence-corrected chi connectivity index (χ4v) is 1.55. The standard InChI is InChI=1S/C12H15NO4.C4H8N2O3/c1-2-16-12(15)17-11(14)10(13)8-9-6-4-3-5-7-9;5-3(7)1-2-4(8)6-9/h3-7,10H,2,8,13H2,1H3;9H,1-2H2,(H2,5,7)(H,6,8)/t10-;/m1./s1. The van der Waals surface area contributed by atoms with Crippen molar-refractivity contribution in [3.8, 4) is 0 Å². The van der Waals surface area contributed by atoms with Gasteiger partial charge in [0.2, 0.25) is 11.8 Å². The van der Waals surface area contributed by atoms with Crippen LogP contribution in [-0.2, 0) is 30.3 Å². The number of benzene rings is 1. The number of amides is 2. The van der Waals surface area contributed by atoms with Crippen molar-refractivity contribution in [2.75, 3.05) is 6.61 Å². The summed E-state index contributed by atoms with van der Waals surface area (Å²) in [4.78, 5) is 42.4. The van der Waals surface area contributed by atoms with Crippen molar-refractivity contribution in [1.82, 2.24) is 5.48 Å². The van der Waals surface area contributed by atoms with Crippen LogP contribution in [0.15, 0.2) is 30.3 Å². The van der Waals surface area contributed by atoms with Gasteiger partial charge in [0, 0.05) is 12.8 Å². The zero-order valence-electron chi connectivity index (χ0n) is 14.3. The number of carbonyl (C=O) groups is 4. The third-order valence-corrected chi connectivity index (χ3v) is 2.77. The number of hydroxylamine groups is 1. The second-order valence-corrected chi connectivity index (χ2v) is 4.90. The molecule has 0 unspecified atom stereocenters. The van der Waals surface area contributed by atoms with Crippen LogP contribution in [0.2, 0.25) is 0 Å². The van der Waals surface area contributed by atoms with Gasteiger partial charge < -0.3 is 20.9 Å². The van der Waals surface area contributed by atoms with Crippen molar-refractivity contribution in [3.63, 3.8) is 0 Å². The first-order chi connectivity index (χ1) is 12.3. The second-order valence-electron chi connectivity index (χ2n) is 4.90. The van der Waals surface area contributed by atoms with E-state index in [4.69, 9.17) is 16.7 Å². The van der Waals surface area contributed by atoms with E-state index in [0.717, 1.165) is 5.56 Å². The summed E-state index contributed by atoms with van der Waals surface area (Å²) in [7, 11) is 0. The summed E-state index contributed by atoms with van der Waals surface area (Å²) >= 11 is 0. The predicted octanol–water partition coefficient (Wildman–Crippen LogP) is 0.0134. The maximum Gasteiger partial charge on any atom is 0.516 e. The van der Waals surface area contributed by atoms with Crippen LogP contribution in [0.5, 0.6) is 0 Å². The third-order valence-electron chi connectivity index (χ3n) is 2.77. The molecule has 0 bridgehead atoms. The molecule has 1 aromatic carbocycles. The average molecular weight is 369 g/mol. The number of hydrogen-bond acceptors (Lipinski definition) is 8. The molecule has 0 fully saturated rings. The number of ether oxygens (including phenoxy) is 2. The molecule has 1 aromatic rings. The van der Waals surface area contributed by atoms with Crippen molar-refractivity contribution in [2.45, 2.75) is 32.2 Å². The minimum Gasteiger partial charge on any atom is -0.434 e. The van der Waals surface area contributed by atoms with Crippen molar-refractivity contribution in [3.05, 3.63) is 35.9 Å². The number of esters is 1. The first-order valence-corrected chi connectivity index (χ1v) is 7.69. The predicted molar refractivity (Wildman–Crippen MR) is 89.6 cm³/mol. The minimum absolute atomic E-state index is 0.0353. The van der Waals surface area contributed by atoms with Crippen molar-refractivity contribution < 1.29 is 33.9 Å². The molecule has 144 valence electrons. The monoisotopic (exact) mass is 369 g/mol. The maximum absolute atomic E-state index is 11.4. The van der Waals surface area contributed by atoms with Crippen LogP contribution >= 0.6 is 0 Å². The van der Waals surface area contributed by atoms with Crippen LogP contribution in [0.3, 0.4) is 0 Å². The highest BCUT2D eigenvalue weighted by Crippen LogP contribution is 2.03. The number of carbonyl (C=O) groups excluding carboxylic acids is 4. The summed E-state index contributed by atoms with van der Waals surface area (Å²) in [5.41, 5.74) is 12.6. The summed E-state index contributed by atoms with van der Waals surface area (Å²) in [5.74, 6) is -1.94. The van der Waals surface area contributed by atoms with Gasteiger partial charge in [-0.1, -0.05) is 30.3 Å². The smallest absolute Gasteiger partial charge is 0.434 e. The Morgan fingerprint density at radius 1 is 1.15 bits per heavy atom. The summed E-state index contributed by atoms with van der Waals surface area (Å²) in [6.07, 6.45) is -0.793. The Morgan fingerprint density at radius 3 is 2.27 bits per heavy atom. The van der Waals surface area contributed by atoms with E-state index in [1.165, 1.54) is 5.48 Å². The molecule has 1 rings (SSSR count). The van der Waals surface area contributed by atoms with Crippen molar-refractivity contribution in [1.29, 1.82) is 0 Å². The Bertz CT molecular complexity index is 593. The Hall–Kier alpha value is -2.98. The van der Waals surface area contributed by atoms with Gasteiger partial charge in [-0.15, -0.1) is 0 Å². The zero-order valence-corrected chi connectivity index (χ0v) is 14.3. The van der Waals surface area contributed by atoms with E-state index < -0.39 is 30.0 Å². The van der Waals surface area contributed by atoms with Crippen LogP contribution in [-0.4, -0.2) is 41.8 Å². The molecule has 0 radical (unpaired) electrons. The van der Waals surface area contributed by atoms with Gasteiger partial charge in [-0.05, 0) is 18.9 Å². The molecule has 0 saturated carbocycles. The SMILES string of the molecule is CCOC(=O)OC(=O)[C@H](N)Cc1ccccc1.NC(=O)CCC(=O)NO. The van der Waals surface area contributed by atoms with Crippen LogP contribution in [0.25, 0.3) is 0 Å². The normalized spacial score (nSPS) is 10.6. The topological polar surface area (TPSA) is 171 Å². The van der Waals surface area contributed by atoms with Gasteiger partial charge >= 0.3 is 12.1 Å². The molecule has 1 atom stereocenters. The van der Waals surface area contributed by atoms with Crippen LogP contribution in [0, 0.1) is 0 Å². The highest BCUT2D eigenvalue weighted by Gasteiger charge is 2.19. The Balaban J connectivity index is 0.000000590. The minimum atomic E-state index is -1.01. The number of nitrogens with one attached hydrogen (secondary N) is 1. The lowest BCUT2D eigenvalue weighted by molar-refractivity contribution is -0.141. The van der Waals surface area contributed by atoms with Gasteiger partial charge in [-0.25, -0.2) is 15.1 Å². The molecule has 0 aromatic heterocycles. The molecule has 0 aliphatic heterocycles. The fourth-order valence-electron chi connectivity index (χ4n) is 1.55. The van der Waals surface area contributed by atoms with E-state index in [2.05, 4.69) is 9.47 Å². The molecular weight excluding hydrogens is 346 g/mol. The molecule has 0 spiro atoms. The Labute approximate surface area is 150 Å². The lowest BCUT2D eigenvalue weighted by Crippen LogP contribution is -2.35. The molecular formula is C16H23N3O7. The van der Waals surface area contributed by atoms with Crippen LogP contribution < -0.4 is 16.9 Å². The number of nitrogens with two attached hydrogens (primary N) is 2. The van der Waals surface area contributed by atoms with Gasteiger partial charge in [-0.3, -0.25) is 14.8 Å². The summed E-state index contributed by atoms with van der Waals surface area (Å²) < 4.78 is 8.88. The first-order valence-electron chi connectivity index (χ1n) is 7.69. The molecule has 10 heteroatoms. The molecule has 0 saturated heterocycles. The quantitative estimate of drug-likeness (QED) is 0.225. The molecule has 0 aliphatic rings. The highest BCUT2D eigenvalue weighted by molar-refractivity contribution is 5.85.